The highest BCUT2D eigenvalue weighted by molar-refractivity contribution is 5.91. The SMILES string of the molecule is Cc1cccnc1C=CC(=O)NC1CN(C(C)C)CC1C. The first-order valence-corrected chi connectivity index (χ1v) is 7.61. The molecule has 1 N–H and O–H groups in total. The molecule has 4 nitrogen and oxygen atoms in total. The molecule has 0 aromatic carbocycles. The highest BCUT2D eigenvalue weighted by Crippen LogP contribution is 2.18. The molecule has 2 atom stereocenters. The van der Waals surface area contributed by atoms with Crippen LogP contribution in [0.1, 0.15) is 32.0 Å². The molecule has 1 fully saturated rings. The van der Waals surface area contributed by atoms with Crippen LogP contribution in [0.4, 0.5) is 0 Å². The van der Waals surface area contributed by atoms with Gasteiger partial charge in [0.1, 0.15) is 0 Å². The van der Waals surface area contributed by atoms with Gasteiger partial charge in [0.25, 0.3) is 0 Å². The van der Waals surface area contributed by atoms with Crippen LogP contribution < -0.4 is 5.32 Å². The Morgan fingerprint density at radius 2 is 2.24 bits per heavy atom. The number of pyridine rings is 1. The van der Waals surface area contributed by atoms with E-state index in [-0.39, 0.29) is 11.9 Å². The largest absolute Gasteiger partial charge is 0.348 e. The molecule has 0 bridgehead atoms. The maximum Gasteiger partial charge on any atom is 0.244 e. The molecule has 0 spiro atoms. The summed E-state index contributed by atoms with van der Waals surface area (Å²) in [6.07, 6.45) is 5.11. The second kappa shape index (κ2) is 6.85. The number of nitrogens with zero attached hydrogens (tertiary/aromatic N) is 2. The van der Waals surface area contributed by atoms with E-state index in [0.717, 1.165) is 24.3 Å². The van der Waals surface area contributed by atoms with Gasteiger partial charge >= 0.3 is 0 Å². The first kappa shape index (κ1) is 15.7. The van der Waals surface area contributed by atoms with Gasteiger partial charge in [0.05, 0.1) is 5.69 Å². The van der Waals surface area contributed by atoms with E-state index in [1.54, 1.807) is 18.3 Å². The first-order chi connectivity index (χ1) is 9.97. The number of likely N-dealkylation sites (tertiary alicyclic amines) is 1. The molecule has 1 aromatic heterocycles. The van der Waals surface area contributed by atoms with Crippen molar-refractivity contribution in [1.29, 1.82) is 0 Å². The minimum Gasteiger partial charge on any atom is -0.348 e. The van der Waals surface area contributed by atoms with E-state index in [9.17, 15) is 4.79 Å². The van der Waals surface area contributed by atoms with Crippen molar-refractivity contribution in [2.45, 2.75) is 39.8 Å². The summed E-state index contributed by atoms with van der Waals surface area (Å²) in [5, 5.41) is 3.11. The third-order valence-corrected chi connectivity index (χ3v) is 4.14. The van der Waals surface area contributed by atoms with E-state index >= 15 is 0 Å². The molecule has 114 valence electrons. The van der Waals surface area contributed by atoms with E-state index < -0.39 is 0 Å². The Hall–Kier alpha value is -1.68. The second-order valence-electron chi connectivity index (χ2n) is 6.18. The average Bonchev–Trinajstić information content (AvgIpc) is 2.79. The summed E-state index contributed by atoms with van der Waals surface area (Å²) >= 11 is 0. The number of carbonyl (C=O) groups is 1. The molecule has 0 aliphatic carbocycles. The fraction of sp³-hybridized carbons (Fsp3) is 0.529. The smallest absolute Gasteiger partial charge is 0.244 e. The number of carbonyl (C=O) groups excluding carboxylic acids is 1. The summed E-state index contributed by atoms with van der Waals surface area (Å²) in [5.74, 6) is 0.448. The lowest BCUT2D eigenvalue weighted by Crippen LogP contribution is -2.39. The number of amides is 1. The third kappa shape index (κ3) is 4.14. The van der Waals surface area contributed by atoms with Crippen LogP contribution in [0.3, 0.4) is 0 Å². The molecule has 21 heavy (non-hydrogen) atoms. The zero-order valence-electron chi connectivity index (χ0n) is 13.3. The topological polar surface area (TPSA) is 45.2 Å². The van der Waals surface area contributed by atoms with Crippen LogP contribution in [0.15, 0.2) is 24.4 Å². The maximum atomic E-state index is 12.1. The fourth-order valence-corrected chi connectivity index (χ4v) is 2.67. The van der Waals surface area contributed by atoms with Crippen molar-refractivity contribution in [3.8, 4) is 0 Å². The van der Waals surface area contributed by atoms with E-state index in [2.05, 4.69) is 36.0 Å². The van der Waals surface area contributed by atoms with E-state index in [1.165, 1.54) is 0 Å². The van der Waals surface area contributed by atoms with E-state index in [1.807, 2.05) is 19.1 Å². The van der Waals surface area contributed by atoms with Crippen LogP contribution in [0.25, 0.3) is 6.08 Å². The van der Waals surface area contributed by atoms with Gasteiger partial charge in [-0.1, -0.05) is 13.0 Å². The summed E-state index contributed by atoms with van der Waals surface area (Å²) in [6.45, 7) is 10.6. The molecule has 2 unspecified atom stereocenters. The number of rotatable bonds is 4. The van der Waals surface area contributed by atoms with Crippen LogP contribution >= 0.6 is 0 Å². The van der Waals surface area contributed by atoms with Gasteiger partial charge in [-0.2, -0.15) is 0 Å². The van der Waals surface area contributed by atoms with Gasteiger partial charge in [-0.15, -0.1) is 0 Å². The average molecular weight is 287 g/mol. The second-order valence-corrected chi connectivity index (χ2v) is 6.18. The van der Waals surface area contributed by atoms with Gasteiger partial charge in [0, 0.05) is 37.4 Å². The van der Waals surface area contributed by atoms with Crippen LogP contribution in [0.5, 0.6) is 0 Å². The number of aryl methyl sites for hydroxylation is 1. The van der Waals surface area contributed by atoms with Gasteiger partial charge in [-0.05, 0) is 44.4 Å². The van der Waals surface area contributed by atoms with Crippen molar-refractivity contribution in [2.24, 2.45) is 5.92 Å². The van der Waals surface area contributed by atoms with Crippen LogP contribution in [0, 0.1) is 12.8 Å². The summed E-state index contributed by atoms with van der Waals surface area (Å²) < 4.78 is 0. The highest BCUT2D eigenvalue weighted by atomic mass is 16.1. The van der Waals surface area contributed by atoms with Crippen molar-refractivity contribution in [2.75, 3.05) is 13.1 Å². The van der Waals surface area contributed by atoms with Crippen molar-refractivity contribution >= 4 is 12.0 Å². The molecule has 1 amide bonds. The summed E-state index contributed by atoms with van der Waals surface area (Å²) in [6, 6.07) is 4.65. The molecule has 4 heteroatoms. The van der Waals surface area contributed by atoms with E-state index in [0.29, 0.717) is 12.0 Å². The molecule has 2 rings (SSSR count). The minimum absolute atomic E-state index is 0.0393. The Morgan fingerprint density at radius 1 is 1.48 bits per heavy atom. The number of hydrogen-bond acceptors (Lipinski definition) is 3. The molecule has 2 heterocycles. The Balaban J connectivity index is 1.92. The number of hydrogen-bond donors (Lipinski definition) is 1. The zero-order chi connectivity index (χ0) is 15.4. The molecule has 1 aromatic rings. The summed E-state index contributed by atoms with van der Waals surface area (Å²) in [7, 11) is 0. The lowest BCUT2D eigenvalue weighted by Gasteiger charge is -2.20. The number of aromatic nitrogens is 1. The normalized spacial score (nSPS) is 23.1. The molecule has 0 saturated carbocycles. The van der Waals surface area contributed by atoms with Gasteiger partial charge in [0.15, 0.2) is 0 Å². The Kier molecular flexibility index (Phi) is 5.12. The van der Waals surface area contributed by atoms with Gasteiger partial charge < -0.3 is 5.32 Å². The first-order valence-electron chi connectivity index (χ1n) is 7.61. The van der Waals surface area contributed by atoms with Crippen molar-refractivity contribution < 1.29 is 4.79 Å². The number of nitrogens with one attached hydrogen (secondary N) is 1. The molecular formula is C17H25N3O. The fourth-order valence-electron chi connectivity index (χ4n) is 2.67. The van der Waals surface area contributed by atoms with Crippen LogP contribution in [0.2, 0.25) is 0 Å². The van der Waals surface area contributed by atoms with Crippen LogP contribution in [-0.4, -0.2) is 41.0 Å². The summed E-state index contributed by atoms with van der Waals surface area (Å²) in [5.41, 5.74) is 1.91. The Labute approximate surface area is 127 Å². The zero-order valence-corrected chi connectivity index (χ0v) is 13.3. The predicted octanol–water partition coefficient (Wildman–Crippen LogP) is 2.25. The van der Waals surface area contributed by atoms with Gasteiger partial charge in [-0.3, -0.25) is 14.7 Å². The Bertz CT molecular complexity index is 525. The van der Waals surface area contributed by atoms with Crippen molar-refractivity contribution in [1.82, 2.24) is 15.2 Å². The third-order valence-electron chi connectivity index (χ3n) is 4.14. The monoisotopic (exact) mass is 287 g/mol. The molecule has 1 saturated heterocycles. The maximum absolute atomic E-state index is 12.1. The van der Waals surface area contributed by atoms with Gasteiger partial charge in [0.2, 0.25) is 5.91 Å². The molecular weight excluding hydrogens is 262 g/mol. The molecule has 1 aliphatic heterocycles. The van der Waals surface area contributed by atoms with E-state index in [4.69, 9.17) is 0 Å². The lowest BCUT2D eigenvalue weighted by atomic mass is 10.1. The standard InChI is InChI=1S/C17H25N3O/c1-12(2)20-10-14(4)16(11-20)19-17(21)8-7-15-13(3)6-5-9-18-15/h5-9,12,14,16H,10-11H2,1-4H3,(H,19,21). The Morgan fingerprint density at radius 3 is 2.86 bits per heavy atom. The minimum atomic E-state index is -0.0393. The summed E-state index contributed by atoms with van der Waals surface area (Å²) in [4.78, 5) is 18.7. The highest BCUT2D eigenvalue weighted by Gasteiger charge is 2.31. The van der Waals surface area contributed by atoms with Gasteiger partial charge in [-0.25, -0.2) is 0 Å². The molecule has 0 radical (unpaired) electrons. The lowest BCUT2D eigenvalue weighted by molar-refractivity contribution is -0.117. The van der Waals surface area contributed by atoms with Crippen LogP contribution in [-0.2, 0) is 4.79 Å². The molecule has 1 aliphatic rings. The van der Waals surface area contributed by atoms with Crippen molar-refractivity contribution in [3.05, 3.63) is 35.7 Å². The predicted molar refractivity (Wildman–Crippen MR) is 85.8 cm³/mol. The quantitative estimate of drug-likeness (QED) is 0.864. The van der Waals surface area contributed by atoms with Crippen molar-refractivity contribution in [3.63, 3.8) is 0 Å².